The average Bonchev–Trinajstić information content (AvgIpc) is 2.84. The Morgan fingerprint density at radius 2 is 2.25 bits per heavy atom. The lowest BCUT2D eigenvalue weighted by Crippen LogP contribution is -1.95. The van der Waals surface area contributed by atoms with Crippen LogP contribution in [0.2, 0.25) is 0 Å². The van der Waals surface area contributed by atoms with Crippen molar-refractivity contribution in [3.05, 3.63) is 28.2 Å². The Morgan fingerprint density at radius 1 is 1.44 bits per heavy atom. The van der Waals surface area contributed by atoms with Crippen molar-refractivity contribution in [2.75, 3.05) is 0 Å². The number of nitrogens with two attached hydrogens (primary N) is 1. The first-order chi connectivity index (χ1) is 7.76. The second-order valence-corrected chi connectivity index (χ2v) is 4.88. The molecule has 2 rings (SSSR count). The van der Waals surface area contributed by atoms with Gasteiger partial charge in [-0.05, 0) is 17.9 Å². The van der Waals surface area contributed by atoms with Crippen LogP contribution in [0.5, 0.6) is 0 Å². The van der Waals surface area contributed by atoms with Crippen LogP contribution in [0.15, 0.2) is 17.6 Å². The highest BCUT2D eigenvalue weighted by molar-refractivity contribution is 7.10. The third kappa shape index (κ3) is 2.03. The maximum atomic E-state index is 5.75. The molecule has 0 spiro atoms. The summed E-state index contributed by atoms with van der Waals surface area (Å²) in [5.41, 5.74) is 9.42. The molecule has 0 unspecified atom stereocenters. The molecule has 0 aliphatic heterocycles. The molecule has 0 aromatic carbocycles. The second-order valence-electron chi connectivity index (χ2n) is 3.87. The van der Waals surface area contributed by atoms with Gasteiger partial charge in [0.05, 0.1) is 5.69 Å². The van der Waals surface area contributed by atoms with E-state index in [1.165, 1.54) is 21.7 Å². The molecule has 86 valence electrons. The van der Waals surface area contributed by atoms with Crippen molar-refractivity contribution in [3.8, 4) is 11.1 Å². The molecule has 2 aromatic heterocycles. The van der Waals surface area contributed by atoms with E-state index in [1.54, 1.807) is 11.3 Å². The summed E-state index contributed by atoms with van der Waals surface area (Å²) >= 11 is 1.72. The van der Waals surface area contributed by atoms with Gasteiger partial charge in [0.25, 0.3) is 0 Å². The van der Waals surface area contributed by atoms with Crippen molar-refractivity contribution in [1.82, 2.24) is 9.78 Å². The van der Waals surface area contributed by atoms with Crippen molar-refractivity contribution in [1.29, 1.82) is 0 Å². The van der Waals surface area contributed by atoms with E-state index in [0.717, 1.165) is 12.8 Å². The Bertz CT molecular complexity index is 470. The summed E-state index contributed by atoms with van der Waals surface area (Å²) in [5, 5.41) is 6.61. The van der Waals surface area contributed by atoms with Crippen LogP contribution in [0.3, 0.4) is 0 Å². The highest BCUT2D eigenvalue weighted by Gasteiger charge is 2.12. The molecule has 3 nitrogen and oxygen atoms in total. The summed E-state index contributed by atoms with van der Waals surface area (Å²) in [4.78, 5) is 1.24. The molecule has 2 aromatic rings. The van der Waals surface area contributed by atoms with E-state index < -0.39 is 0 Å². The van der Waals surface area contributed by atoms with Crippen LogP contribution in [-0.4, -0.2) is 9.78 Å². The number of aryl methyl sites for hydroxylation is 2. The monoisotopic (exact) mass is 235 g/mol. The van der Waals surface area contributed by atoms with Gasteiger partial charge in [-0.2, -0.15) is 5.10 Å². The molecular formula is C12H17N3S. The van der Waals surface area contributed by atoms with Gasteiger partial charge in [-0.15, -0.1) is 11.3 Å². The Hall–Kier alpha value is -1.13. The molecule has 2 heterocycles. The van der Waals surface area contributed by atoms with Gasteiger partial charge in [-0.1, -0.05) is 13.3 Å². The fraction of sp³-hybridized carbons (Fsp3) is 0.417. The lowest BCUT2D eigenvalue weighted by Gasteiger charge is -2.01. The third-order valence-electron chi connectivity index (χ3n) is 2.61. The summed E-state index contributed by atoms with van der Waals surface area (Å²) in [6.07, 6.45) is 4.23. The molecule has 0 atom stereocenters. The topological polar surface area (TPSA) is 43.8 Å². The molecule has 0 bridgehead atoms. The van der Waals surface area contributed by atoms with Gasteiger partial charge < -0.3 is 5.73 Å². The lowest BCUT2D eigenvalue weighted by atomic mass is 10.1. The van der Waals surface area contributed by atoms with Crippen molar-refractivity contribution in [2.24, 2.45) is 12.8 Å². The predicted molar refractivity (Wildman–Crippen MR) is 68.4 cm³/mol. The third-order valence-corrected chi connectivity index (χ3v) is 3.56. The van der Waals surface area contributed by atoms with Gasteiger partial charge in [0.15, 0.2) is 0 Å². The summed E-state index contributed by atoms with van der Waals surface area (Å²) in [6, 6.07) is 2.14. The number of rotatable bonds is 4. The van der Waals surface area contributed by atoms with E-state index in [1.807, 2.05) is 11.7 Å². The van der Waals surface area contributed by atoms with Crippen molar-refractivity contribution in [2.45, 2.75) is 26.3 Å². The normalized spacial score (nSPS) is 10.9. The van der Waals surface area contributed by atoms with Gasteiger partial charge in [0.1, 0.15) is 0 Å². The zero-order valence-corrected chi connectivity index (χ0v) is 10.5. The average molecular weight is 235 g/mol. The van der Waals surface area contributed by atoms with Crippen LogP contribution in [0.25, 0.3) is 11.1 Å². The second kappa shape index (κ2) is 4.80. The van der Waals surface area contributed by atoms with E-state index in [9.17, 15) is 0 Å². The van der Waals surface area contributed by atoms with Gasteiger partial charge >= 0.3 is 0 Å². The fourth-order valence-corrected chi connectivity index (χ4v) is 2.69. The number of hydrogen-bond acceptors (Lipinski definition) is 3. The highest BCUT2D eigenvalue weighted by Crippen LogP contribution is 2.30. The zero-order chi connectivity index (χ0) is 11.5. The first-order valence-corrected chi connectivity index (χ1v) is 6.43. The first-order valence-electron chi connectivity index (χ1n) is 5.55. The van der Waals surface area contributed by atoms with Crippen LogP contribution >= 0.6 is 11.3 Å². The molecule has 0 saturated heterocycles. The molecule has 0 saturated carbocycles. The Morgan fingerprint density at radius 3 is 2.94 bits per heavy atom. The van der Waals surface area contributed by atoms with Crippen molar-refractivity contribution >= 4 is 11.3 Å². The zero-order valence-electron chi connectivity index (χ0n) is 9.73. The minimum atomic E-state index is 0.605. The SMILES string of the molecule is CCCc1nn(C)cc1-c1ccsc1CN. The number of aromatic nitrogens is 2. The van der Waals surface area contributed by atoms with Gasteiger partial charge in [-0.25, -0.2) is 0 Å². The van der Waals surface area contributed by atoms with Crippen LogP contribution in [0, 0.1) is 0 Å². The van der Waals surface area contributed by atoms with Crippen molar-refractivity contribution in [3.63, 3.8) is 0 Å². The molecule has 16 heavy (non-hydrogen) atoms. The Balaban J connectivity index is 2.46. The molecule has 0 aliphatic rings. The summed E-state index contributed by atoms with van der Waals surface area (Å²) in [6.45, 7) is 2.78. The number of hydrogen-bond donors (Lipinski definition) is 1. The van der Waals surface area contributed by atoms with E-state index in [2.05, 4.69) is 29.7 Å². The molecule has 0 aliphatic carbocycles. The van der Waals surface area contributed by atoms with E-state index in [4.69, 9.17) is 5.73 Å². The van der Waals surface area contributed by atoms with Gasteiger partial charge in [-0.3, -0.25) is 4.68 Å². The number of thiophene rings is 1. The van der Waals surface area contributed by atoms with Crippen LogP contribution in [-0.2, 0) is 20.0 Å². The lowest BCUT2D eigenvalue weighted by molar-refractivity contribution is 0.733. The summed E-state index contributed by atoms with van der Waals surface area (Å²) < 4.78 is 1.89. The van der Waals surface area contributed by atoms with E-state index in [-0.39, 0.29) is 0 Å². The van der Waals surface area contributed by atoms with Crippen LogP contribution in [0.4, 0.5) is 0 Å². The van der Waals surface area contributed by atoms with Crippen LogP contribution in [0.1, 0.15) is 23.9 Å². The first kappa shape index (κ1) is 11.4. The molecule has 0 radical (unpaired) electrons. The van der Waals surface area contributed by atoms with E-state index >= 15 is 0 Å². The molecule has 0 fully saturated rings. The maximum Gasteiger partial charge on any atom is 0.0703 e. The van der Waals surface area contributed by atoms with Gasteiger partial charge in [0, 0.05) is 35.8 Å². The molecule has 4 heteroatoms. The molecule has 2 N–H and O–H groups in total. The summed E-state index contributed by atoms with van der Waals surface area (Å²) in [5.74, 6) is 0. The Kier molecular flexibility index (Phi) is 3.41. The highest BCUT2D eigenvalue weighted by atomic mass is 32.1. The van der Waals surface area contributed by atoms with Crippen molar-refractivity contribution < 1.29 is 0 Å². The largest absolute Gasteiger partial charge is 0.326 e. The minimum absolute atomic E-state index is 0.605. The minimum Gasteiger partial charge on any atom is -0.326 e. The maximum absolute atomic E-state index is 5.75. The fourth-order valence-electron chi connectivity index (χ4n) is 1.92. The quantitative estimate of drug-likeness (QED) is 0.885. The predicted octanol–water partition coefficient (Wildman–Crippen LogP) is 2.56. The van der Waals surface area contributed by atoms with Crippen LogP contribution < -0.4 is 5.73 Å². The Labute approximate surface area is 99.9 Å². The van der Waals surface area contributed by atoms with E-state index in [0.29, 0.717) is 6.54 Å². The smallest absolute Gasteiger partial charge is 0.0703 e. The summed E-state index contributed by atoms with van der Waals surface area (Å²) in [7, 11) is 1.97. The standard InChI is InChI=1S/C12H17N3S/c1-3-4-11-10(8-15(2)14-11)9-5-6-16-12(9)7-13/h5-6,8H,3-4,7,13H2,1-2H3. The van der Waals surface area contributed by atoms with Gasteiger partial charge in [0.2, 0.25) is 0 Å². The molecule has 0 amide bonds. The number of nitrogens with zero attached hydrogens (tertiary/aromatic N) is 2. The molecular weight excluding hydrogens is 218 g/mol.